The highest BCUT2D eigenvalue weighted by molar-refractivity contribution is 6.36. The first-order valence-corrected chi connectivity index (χ1v) is 7.86. The van der Waals surface area contributed by atoms with Crippen LogP contribution in [0.3, 0.4) is 0 Å². The van der Waals surface area contributed by atoms with Crippen molar-refractivity contribution in [3.05, 3.63) is 72.2 Å². The molecule has 2 rings (SSSR count). The average Bonchev–Trinajstić information content (AvgIpc) is 2.60. The summed E-state index contributed by atoms with van der Waals surface area (Å²) in [5.41, 5.74) is 1.59. The van der Waals surface area contributed by atoms with Gasteiger partial charge < -0.3 is 4.74 Å². The van der Waals surface area contributed by atoms with Gasteiger partial charge in [-0.1, -0.05) is 35.3 Å². The number of carbonyl (C=O) groups is 1. The topological polar surface area (TPSA) is 137 Å². The Morgan fingerprint density at radius 2 is 1.81 bits per heavy atom. The summed E-state index contributed by atoms with van der Waals surface area (Å²) >= 11 is 11.6. The maximum absolute atomic E-state index is 11.8. The highest BCUT2D eigenvalue weighted by Crippen LogP contribution is 2.37. The van der Waals surface area contributed by atoms with Crippen LogP contribution < -0.4 is 10.2 Å². The highest BCUT2D eigenvalue weighted by atomic mass is 35.5. The number of para-hydroxylation sites is 1. The van der Waals surface area contributed by atoms with Crippen molar-refractivity contribution in [1.29, 1.82) is 0 Å². The Balaban J connectivity index is 2.02. The molecule has 12 heteroatoms. The van der Waals surface area contributed by atoms with Crippen molar-refractivity contribution in [1.82, 2.24) is 5.43 Å². The van der Waals surface area contributed by atoms with E-state index in [0.29, 0.717) is 0 Å². The van der Waals surface area contributed by atoms with Gasteiger partial charge >= 0.3 is 5.69 Å². The van der Waals surface area contributed by atoms with Crippen LogP contribution in [-0.2, 0) is 4.79 Å². The molecule has 1 amide bonds. The maximum Gasteiger partial charge on any atom is 0.314 e. The summed E-state index contributed by atoms with van der Waals surface area (Å²) in [5.74, 6) is -1.07. The first kappa shape index (κ1) is 20.1. The lowest BCUT2D eigenvalue weighted by atomic mass is 10.2. The zero-order chi connectivity index (χ0) is 20.0. The molecular formula is C15H10Cl2N4O6. The van der Waals surface area contributed by atoms with Crippen molar-refractivity contribution >= 4 is 46.7 Å². The molecule has 0 unspecified atom stereocenters. The first-order chi connectivity index (χ1) is 12.8. The van der Waals surface area contributed by atoms with Gasteiger partial charge in [-0.3, -0.25) is 25.0 Å². The van der Waals surface area contributed by atoms with E-state index in [9.17, 15) is 25.0 Å². The van der Waals surface area contributed by atoms with Crippen LogP contribution in [0.1, 0.15) is 5.56 Å². The van der Waals surface area contributed by atoms with Crippen LogP contribution in [0.4, 0.5) is 11.4 Å². The Kier molecular flexibility index (Phi) is 6.63. The smallest absolute Gasteiger partial charge is 0.314 e. The Hall–Kier alpha value is -3.24. The summed E-state index contributed by atoms with van der Waals surface area (Å²) in [6.07, 6.45) is 1.09. The van der Waals surface area contributed by atoms with Crippen LogP contribution in [0.2, 0.25) is 10.0 Å². The predicted octanol–water partition coefficient (Wildman–Crippen LogP) is 3.34. The lowest BCUT2D eigenvalue weighted by Gasteiger charge is -2.08. The number of nitro benzene ring substituents is 2. The quantitative estimate of drug-likeness (QED) is 0.420. The zero-order valence-corrected chi connectivity index (χ0v) is 14.8. The summed E-state index contributed by atoms with van der Waals surface area (Å²) in [7, 11) is 0. The van der Waals surface area contributed by atoms with Gasteiger partial charge in [-0.25, -0.2) is 5.43 Å². The van der Waals surface area contributed by atoms with Crippen molar-refractivity contribution in [2.45, 2.75) is 0 Å². The van der Waals surface area contributed by atoms with E-state index in [1.54, 1.807) is 6.07 Å². The second-order valence-corrected chi connectivity index (χ2v) is 5.73. The normalized spacial score (nSPS) is 10.6. The fraction of sp³-hybridized carbons (Fsp3) is 0.0667. The molecule has 0 aliphatic heterocycles. The summed E-state index contributed by atoms with van der Waals surface area (Å²) in [6.45, 7) is -0.629. The minimum absolute atomic E-state index is 0.0394. The number of hydrazone groups is 1. The molecule has 0 heterocycles. The Morgan fingerprint density at radius 1 is 1.15 bits per heavy atom. The van der Waals surface area contributed by atoms with E-state index >= 15 is 0 Å². The molecule has 0 aliphatic carbocycles. The van der Waals surface area contributed by atoms with Gasteiger partial charge in [0.2, 0.25) is 5.75 Å². The highest BCUT2D eigenvalue weighted by Gasteiger charge is 2.21. The van der Waals surface area contributed by atoms with Crippen molar-refractivity contribution in [2.24, 2.45) is 5.10 Å². The van der Waals surface area contributed by atoms with Crippen molar-refractivity contribution in [3.63, 3.8) is 0 Å². The summed E-state index contributed by atoms with van der Waals surface area (Å²) in [4.78, 5) is 32.3. The van der Waals surface area contributed by atoms with E-state index in [0.717, 1.165) is 12.3 Å². The largest absolute Gasteiger partial charge is 0.476 e. The van der Waals surface area contributed by atoms with Crippen LogP contribution in [-0.4, -0.2) is 28.6 Å². The zero-order valence-electron chi connectivity index (χ0n) is 13.3. The molecule has 2 aromatic carbocycles. The number of nitrogens with zero attached hydrogens (tertiary/aromatic N) is 3. The van der Waals surface area contributed by atoms with E-state index in [-0.39, 0.29) is 27.0 Å². The number of benzene rings is 2. The molecule has 2 aromatic rings. The van der Waals surface area contributed by atoms with E-state index in [2.05, 4.69) is 10.5 Å². The molecule has 0 bridgehead atoms. The van der Waals surface area contributed by atoms with E-state index in [4.69, 9.17) is 27.9 Å². The van der Waals surface area contributed by atoms with Gasteiger partial charge in [0.05, 0.1) is 26.6 Å². The number of nitro groups is 2. The van der Waals surface area contributed by atoms with Gasteiger partial charge in [0, 0.05) is 17.2 Å². The van der Waals surface area contributed by atoms with Crippen molar-refractivity contribution in [2.75, 3.05) is 6.61 Å². The van der Waals surface area contributed by atoms with Gasteiger partial charge in [-0.15, -0.1) is 0 Å². The fourth-order valence-electron chi connectivity index (χ4n) is 1.93. The Bertz CT molecular complexity index is 935. The molecule has 140 valence electrons. The maximum atomic E-state index is 11.8. The molecule has 0 fully saturated rings. The van der Waals surface area contributed by atoms with Gasteiger partial charge in [0.1, 0.15) is 0 Å². The number of hydrogen-bond acceptors (Lipinski definition) is 7. The molecule has 27 heavy (non-hydrogen) atoms. The second kappa shape index (κ2) is 8.92. The minimum atomic E-state index is -0.759. The standard InChI is InChI=1S/C15H10Cl2N4O6/c16-10-5-11(17)15(13(6-10)21(25)26)27-8-14(22)19-18-7-9-3-1-2-4-12(9)20(23)24/h1-7H,8H2,(H,19,22). The van der Waals surface area contributed by atoms with E-state index in [1.165, 1.54) is 24.3 Å². The average molecular weight is 413 g/mol. The number of carbonyl (C=O) groups excluding carboxylic acids is 1. The van der Waals surface area contributed by atoms with Crippen LogP contribution in [0.15, 0.2) is 41.5 Å². The van der Waals surface area contributed by atoms with Crippen LogP contribution >= 0.6 is 23.2 Å². The number of halogens is 2. The fourth-order valence-corrected chi connectivity index (χ4v) is 2.47. The number of rotatable bonds is 7. The third kappa shape index (κ3) is 5.36. The Morgan fingerprint density at radius 3 is 2.48 bits per heavy atom. The molecule has 10 nitrogen and oxygen atoms in total. The summed E-state index contributed by atoms with van der Waals surface area (Å²) in [6, 6.07) is 8.06. The molecule has 0 aromatic heterocycles. The SMILES string of the molecule is O=C(COc1c(Cl)cc(Cl)cc1[N+](=O)[O-])NN=Cc1ccccc1[N+](=O)[O-]. The van der Waals surface area contributed by atoms with Gasteiger partial charge in [0.15, 0.2) is 6.61 Å². The molecule has 0 aliphatic rings. The second-order valence-electron chi connectivity index (χ2n) is 4.89. The molecule has 0 saturated carbocycles. The van der Waals surface area contributed by atoms with E-state index in [1.807, 2.05) is 0 Å². The molecule has 0 spiro atoms. The third-order valence-corrected chi connectivity index (χ3v) is 3.56. The van der Waals surface area contributed by atoms with E-state index < -0.39 is 28.0 Å². The molecule has 1 N–H and O–H groups in total. The van der Waals surface area contributed by atoms with Gasteiger partial charge in [0.25, 0.3) is 11.6 Å². The number of nitrogens with one attached hydrogen (secondary N) is 1. The van der Waals surface area contributed by atoms with Crippen molar-refractivity contribution < 1.29 is 19.4 Å². The summed E-state index contributed by atoms with van der Waals surface area (Å²) < 4.78 is 5.08. The summed E-state index contributed by atoms with van der Waals surface area (Å²) in [5, 5.41) is 25.4. The molecule has 0 atom stereocenters. The molecule has 0 radical (unpaired) electrons. The first-order valence-electron chi connectivity index (χ1n) is 7.11. The van der Waals surface area contributed by atoms with Gasteiger partial charge in [-0.05, 0) is 12.1 Å². The lowest BCUT2D eigenvalue weighted by molar-refractivity contribution is -0.385. The predicted molar refractivity (Wildman–Crippen MR) is 97.4 cm³/mol. The van der Waals surface area contributed by atoms with Gasteiger partial charge in [-0.2, -0.15) is 5.10 Å². The number of amides is 1. The lowest BCUT2D eigenvalue weighted by Crippen LogP contribution is -2.25. The van der Waals surface area contributed by atoms with Crippen LogP contribution in [0.25, 0.3) is 0 Å². The molecular weight excluding hydrogens is 403 g/mol. The number of hydrogen-bond donors (Lipinski definition) is 1. The van der Waals surface area contributed by atoms with Crippen LogP contribution in [0.5, 0.6) is 5.75 Å². The number of ether oxygens (including phenoxy) is 1. The van der Waals surface area contributed by atoms with Crippen LogP contribution in [0, 0.1) is 20.2 Å². The Labute approximate surface area is 161 Å². The molecule has 0 saturated heterocycles. The van der Waals surface area contributed by atoms with Crippen molar-refractivity contribution in [3.8, 4) is 5.75 Å². The monoisotopic (exact) mass is 412 g/mol. The third-order valence-electron chi connectivity index (χ3n) is 3.06. The minimum Gasteiger partial charge on any atom is -0.476 e.